The number of aliphatic hydroxyl groups is 4. The van der Waals surface area contributed by atoms with Crippen molar-refractivity contribution in [1.82, 2.24) is 4.98 Å². The molecular weight excluding hydrogens is 314 g/mol. The average Bonchev–Trinajstić information content (AvgIpc) is 2.98. The number of hydrogen-bond donors (Lipinski definition) is 5. The molecule has 22 heavy (non-hydrogen) atoms. The van der Waals surface area contributed by atoms with Gasteiger partial charge in [-0.05, 0) is 6.07 Å². The van der Waals surface area contributed by atoms with Gasteiger partial charge in [-0.2, -0.15) is 0 Å². The van der Waals surface area contributed by atoms with E-state index < -0.39 is 36.8 Å². The van der Waals surface area contributed by atoms with Crippen molar-refractivity contribution in [3.05, 3.63) is 36.0 Å². The molecule has 1 saturated heterocycles. The monoisotopic (exact) mass is 329 g/mol. The third kappa shape index (κ3) is 2.14. The Bertz CT molecular complexity index is 646. The highest BCUT2D eigenvalue weighted by Crippen LogP contribution is 2.41. The summed E-state index contributed by atoms with van der Waals surface area (Å²) in [5.41, 5.74) is -1.13. The van der Waals surface area contributed by atoms with Crippen LogP contribution < -0.4 is 0 Å². The van der Waals surface area contributed by atoms with Crippen molar-refractivity contribution < 1.29 is 29.5 Å². The predicted octanol–water partition coefficient (Wildman–Crippen LogP) is -0.0351. The first kappa shape index (κ1) is 15.7. The summed E-state index contributed by atoms with van der Waals surface area (Å²) in [5.74, 6) is 0. The molecule has 0 amide bonds. The van der Waals surface area contributed by atoms with E-state index >= 15 is 0 Å². The number of aromatic amines is 1. The van der Waals surface area contributed by atoms with Crippen LogP contribution in [-0.4, -0.2) is 56.6 Å². The molecule has 0 spiro atoms. The molecule has 1 aromatic carbocycles. The molecule has 1 aromatic heterocycles. The van der Waals surface area contributed by atoms with Gasteiger partial charge in [-0.1, -0.05) is 18.2 Å². The third-order valence-corrected chi connectivity index (χ3v) is 4.28. The first-order chi connectivity index (χ1) is 10.5. The molecule has 5 atom stereocenters. The van der Waals surface area contributed by atoms with Gasteiger partial charge in [-0.25, -0.2) is 4.29 Å². The number of hydrogen-bond acceptors (Lipinski definition) is 6. The standard InChI is InChI=1S/C14H16ClNO6/c15-22-13-12(19)14(20,11(18)10(6-17)21-13)8-5-16-9-4-2-1-3-7(8)9/h1-5,10-13,16-20H,6H2/t10-,11-,12+,13+,14+/m1/s1. The fraction of sp³-hybridized carbons (Fsp3) is 0.429. The van der Waals surface area contributed by atoms with Crippen LogP contribution in [0.3, 0.4) is 0 Å². The van der Waals surface area contributed by atoms with E-state index in [0.29, 0.717) is 5.39 Å². The highest BCUT2D eigenvalue weighted by atomic mass is 35.5. The van der Waals surface area contributed by atoms with Crippen molar-refractivity contribution in [2.45, 2.75) is 30.2 Å². The Morgan fingerprint density at radius 2 is 2.00 bits per heavy atom. The Labute approximate surface area is 130 Å². The zero-order valence-electron chi connectivity index (χ0n) is 11.4. The van der Waals surface area contributed by atoms with Crippen molar-refractivity contribution in [1.29, 1.82) is 0 Å². The number of aliphatic hydroxyl groups excluding tert-OH is 3. The van der Waals surface area contributed by atoms with Gasteiger partial charge in [-0.15, -0.1) is 0 Å². The maximum atomic E-state index is 11.0. The van der Waals surface area contributed by atoms with Gasteiger partial charge in [0.05, 0.1) is 18.5 Å². The van der Waals surface area contributed by atoms with Gasteiger partial charge in [0.15, 0.2) is 5.60 Å². The summed E-state index contributed by atoms with van der Waals surface area (Å²) in [6.45, 7) is -0.574. The fourth-order valence-electron chi connectivity index (χ4n) is 2.92. The smallest absolute Gasteiger partial charge is 0.207 e. The maximum Gasteiger partial charge on any atom is 0.207 e. The van der Waals surface area contributed by atoms with Crippen molar-refractivity contribution in [3.63, 3.8) is 0 Å². The molecule has 1 fully saturated rings. The lowest BCUT2D eigenvalue weighted by Gasteiger charge is -2.46. The van der Waals surface area contributed by atoms with E-state index in [0.717, 1.165) is 5.52 Å². The van der Waals surface area contributed by atoms with Gasteiger partial charge in [0.1, 0.15) is 18.3 Å². The van der Waals surface area contributed by atoms with E-state index in [1.807, 2.05) is 6.07 Å². The number of nitrogens with one attached hydrogen (secondary N) is 1. The quantitative estimate of drug-likeness (QED) is 0.540. The van der Waals surface area contributed by atoms with Crippen molar-refractivity contribution in [2.24, 2.45) is 0 Å². The zero-order chi connectivity index (χ0) is 15.9. The number of aromatic nitrogens is 1. The third-order valence-electron chi connectivity index (χ3n) is 4.11. The van der Waals surface area contributed by atoms with Gasteiger partial charge in [0, 0.05) is 22.7 Å². The molecule has 1 aliphatic rings. The second-order valence-corrected chi connectivity index (χ2v) is 5.46. The van der Waals surface area contributed by atoms with Crippen LogP contribution in [0.1, 0.15) is 5.56 Å². The molecule has 2 aromatic rings. The second kappa shape index (κ2) is 5.78. The van der Waals surface area contributed by atoms with E-state index in [9.17, 15) is 20.4 Å². The molecule has 7 nitrogen and oxygen atoms in total. The van der Waals surface area contributed by atoms with Crippen LogP contribution in [0.25, 0.3) is 10.9 Å². The Kier molecular flexibility index (Phi) is 4.13. The highest BCUT2D eigenvalue weighted by molar-refractivity contribution is 6.07. The molecule has 5 N–H and O–H groups in total. The normalized spacial score (nSPS) is 35.9. The first-order valence-electron chi connectivity index (χ1n) is 6.72. The minimum atomic E-state index is -2.12. The van der Waals surface area contributed by atoms with E-state index in [2.05, 4.69) is 9.27 Å². The average molecular weight is 330 g/mol. The topological polar surface area (TPSA) is 115 Å². The lowest BCUT2D eigenvalue weighted by molar-refractivity contribution is -0.318. The molecular formula is C14H16ClNO6. The van der Waals surface area contributed by atoms with Crippen LogP contribution in [-0.2, 0) is 14.6 Å². The van der Waals surface area contributed by atoms with Gasteiger partial charge >= 0.3 is 0 Å². The van der Waals surface area contributed by atoms with Crippen LogP contribution in [0.15, 0.2) is 30.5 Å². The lowest BCUT2D eigenvalue weighted by Crippen LogP contribution is -2.65. The van der Waals surface area contributed by atoms with Crippen molar-refractivity contribution in [3.8, 4) is 0 Å². The SMILES string of the molecule is OC[C@H]1O[C@@H](OCl)[C@H](O)[C@](O)(c2c[nH]c3ccccc23)[C@@H]1O. The second-order valence-electron chi connectivity index (χ2n) is 5.28. The van der Waals surface area contributed by atoms with E-state index in [-0.39, 0.29) is 5.56 Å². The number of rotatable bonds is 3. The summed E-state index contributed by atoms with van der Waals surface area (Å²) in [4.78, 5) is 2.96. The molecule has 0 aliphatic carbocycles. The van der Waals surface area contributed by atoms with Crippen LogP contribution >= 0.6 is 11.9 Å². The fourth-order valence-corrected chi connectivity index (χ4v) is 3.06. The molecule has 1 aliphatic heterocycles. The largest absolute Gasteiger partial charge is 0.394 e. The molecule has 2 heterocycles. The summed E-state index contributed by atoms with van der Waals surface area (Å²) in [7, 11) is 0. The number of fused-ring (bicyclic) bond motifs is 1. The minimum absolute atomic E-state index is 0.267. The summed E-state index contributed by atoms with van der Waals surface area (Å²) < 4.78 is 9.64. The molecule has 8 heteroatoms. The number of H-pyrrole nitrogens is 1. The Hall–Kier alpha value is -1.19. The predicted molar refractivity (Wildman–Crippen MR) is 76.9 cm³/mol. The van der Waals surface area contributed by atoms with E-state index in [1.165, 1.54) is 6.20 Å². The lowest BCUT2D eigenvalue weighted by atomic mass is 9.78. The molecule has 0 radical (unpaired) electrons. The summed E-state index contributed by atoms with van der Waals surface area (Å²) in [5, 5.41) is 41.7. The van der Waals surface area contributed by atoms with Crippen molar-refractivity contribution in [2.75, 3.05) is 6.61 Å². The Morgan fingerprint density at radius 3 is 2.68 bits per heavy atom. The molecule has 0 bridgehead atoms. The van der Waals surface area contributed by atoms with Gasteiger partial charge in [-0.3, -0.25) is 0 Å². The number of benzene rings is 1. The molecule has 0 unspecified atom stereocenters. The maximum absolute atomic E-state index is 11.0. The van der Waals surface area contributed by atoms with Gasteiger partial charge in [0.25, 0.3) is 0 Å². The van der Waals surface area contributed by atoms with Crippen molar-refractivity contribution >= 4 is 22.8 Å². The molecule has 3 rings (SSSR count). The number of para-hydroxylation sites is 1. The highest BCUT2D eigenvalue weighted by Gasteiger charge is 2.57. The zero-order valence-corrected chi connectivity index (χ0v) is 12.1. The minimum Gasteiger partial charge on any atom is -0.394 e. The molecule has 0 saturated carbocycles. The van der Waals surface area contributed by atoms with Crippen LogP contribution in [0.4, 0.5) is 0 Å². The van der Waals surface area contributed by atoms with Crippen LogP contribution in [0, 0.1) is 0 Å². The summed E-state index contributed by atoms with van der Waals surface area (Å²) in [6, 6.07) is 7.10. The van der Waals surface area contributed by atoms with Crippen LogP contribution in [0.5, 0.6) is 0 Å². The number of halogens is 1. The Balaban J connectivity index is 2.15. The van der Waals surface area contributed by atoms with Crippen LogP contribution in [0.2, 0.25) is 0 Å². The van der Waals surface area contributed by atoms with E-state index in [1.54, 1.807) is 18.2 Å². The first-order valence-corrected chi connectivity index (χ1v) is 7.03. The Morgan fingerprint density at radius 1 is 1.27 bits per heavy atom. The van der Waals surface area contributed by atoms with Gasteiger partial charge in [0.2, 0.25) is 6.29 Å². The van der Waals surface area contributed by atoms with E-state index in [4.69, 9.17) is 16.6 Å². The van der Waals surface area contributed by atoms with Gasteiger partial charge < -0.3 is 30.1 Å². The summed E-state index contributed by atoms with van der Waals surface area (Å²) >= 11 is 5.28. The number of ether oxygens (including phenoxy) is 1. The molecule has 120 valence electrons. The summed E-state index contributed by atoms with van der Waals surface area (Å²) in [6.07, 6.45) is -4.30.